The highest BCUT2D eigenvalue weighted by Crippen LogP contribution is 2.27. The number of hydrogen-bond acceptors (Lipinski definition) is 5. The van der Waals surface area contributed by atoms with Gasteiger partial charge in [-0.05, 0) is 56.3 Å². The van der Waals surface area contributed by atoms with Crippen LogP contribution in [0.2, 0.25) is 0 Å². The fraction of sp³-hybridized carbons (Fsp3) is 0.296. The van der Waals surface area contributed by atoms with Gasteiger partial charge in [0.25, 0.3) is 5.91 Å². The number of aromatic nitrogens is 2. The van der Waals surface area contributed by atoms with Crippen LogP contribution in [0.3, 0.4) is 0 Å². The van der Waals surface area contributed by atoms with Crippen molar-refractivity contribution in [3.8, 4) is 23.0 Å². The molecule has 1 amide bonds. The van der Waals surface area contributed by atoms with Crippen LogP contribution in [0, 0.1) is 24.6 Å². The summed E-state index contributed by atoms with van der Waals surface area (Å²) in [4.78, 5) is 25.5. The number of aryl methyl sites for hydroxylation is 2. The second-order valence-electron chi connectivity index (χ2n) is 8.44. The number of nitrogen functional groups attached to an aromatic ring is 1. The summed E-state index contributed by atoms with van der Waals surface area (Å²) in [6.45, 7) is 6.63. The predicted octanol–water partition coefficient (Wildman–Crippen LogP) is 3.52. The number of halogens is 1. The highest BCUT2D eigenvalue weighted by Gasteiger charge is 2.23. The van der Waals surface area contributed by atoms with E-state index < -0.39 is 5.82 Å². The fourth-order valence-electron chi connectivity index (χ4n) is 4.03. The summed E-state index contributed by atoms with van der Waals surface area (Å²) in [5.74, 6) is 6.03. The van der Waals surface area contributed by atoms with E-state index in [0.717, 1.165) is 41.2 Å². The van der Waals surface area contributed by atoms with Gasteiger partial charge in [-0.2, -0.15) is 0 Å². The minimum Gasteiger partial charge on any atom is -0.384 e. The zero-order valence-electron chi connectivity index (χ0n) is 19.7. The topological polar surface area (TPSA) is 75.4 Å². The van der Waals surface area contributed by atoms with Crippen LogP contribution in [0.4, 0.5) is 10.2 Å². The lowest BCUT2D eigenvalue weighted by molar-refractivity contribution is 0.0659. The summed E-state index contributed by atoms with van der Waals surface area (Å²) in [6.07, 6.45) is 2.38. The van der Waals surface area contributed by atoms with Gasteiger partial charge in [-0.3, -0.25) is 9.78 Å². The summed E-state index contributed by atoms with van der Waals surface area (Å²) < 4.78 is 15.1. The number of pyridine rings is 2. The average molecular weight is 458 g/mol. The van der Waals surface area contributed by atoms with Gasteiger partial charge in [-0.15, -0.1) is 0 Å². The lowest BCUT2D eigenvalue weighted by Gasteiger charge is -2.32. The molecule has 1 fully saturated rings. The quantitative estimate of drug-likeness (QED) is 0.609. The summed E-state index contributed by atoms with van der Waals surface area (Å²) in [7, 11) is 2.02. The molecule has 1 saturated heterocycles. The van der Waals surface area contributed by atoms with Crippen molar-refractivity contribution < 1.29 is 9.18 Å². The largest absolute Gasteiger partial charge is 0.384 e. The molecule has 4 rings (SSSR count). The molecule has 34 heavy (non-hydrogen) atoms. The molecular formula is C27H28FN5O. The molecule has 3 heterocycles. The first-order valence-corrected chi connectivity index (χ1v) is 11.4. The number of nitrogens with zero attached hydrogens (tertiary/aromatic N) is 4. The molecule has 6 nitrogen and oxygen atoms in total. The first kappa shape index (κ1) is 23.4. The molecule has 2 aromatic heterocycles. The zero-order chi connectivity index (χ0) is 24.2. The number of piperazine rings is 1. The van der Waals surface area contributed by atoms with E-state index in [1.807, 2.05) is 33.0 Å². The number of carbonyl (C=O) groups excluding carboxylic acids is 1. The van der Waals surface area contributed by atoms with Crippen molar-refractivity contribution in [2.75, 3.05) is 39.0 Å². The van der Waals surface area contributed by atoms with Crippen molar-refractivity contribution in [2.24, 2.45) is 0 Å². The molecule has 0 radical (unpaired) electrons. The molecule has 1 aromatic carbocycles. The number of anilines is 1. The molecule has 0 saturated carbocycles. The molecule has 1 aliphatic rings. The molecule has 0 spiro atoms. The molecule has 2 N–H and O–H groups in total. The van der Waals surface area contributed by atoms with Crippen molar-refractivity contribution in [3.63, 3.8) is 0 Å². The number of likely N-dealkylation sites (N-methyl/N-ethyl adjacent to an activating group) is 1. The van der Waals surface area contributed by atoms with Crippen LogP contribution in [0.5, 0.6) is 0 Å². The Bertz CT molecular complexity index is 1290. The maximum absolute atomic E-state index is 15.1. The molecule has 3 aromatic rings. The standard InChI is InChI=1S/C27H28FN5O/c1-4-25-22(8-5-19-7-10-26(29)31-18(19)2)21(11-12-30-25)20-6-9-23(24(28)17-20)27(34)33-15-13-32(3)14-16-33/h6-7,9-12,17H,4,13-16H2,1-3H3,(H2,29,31). The smallest absolute Gasteiger partial charge is 0.256 e. The molecule has 0 atom stereocenters. The Labute approximate surface area is 199 Å². The molecule has 0 unspecified atom stereocenters. The lowest BCUT2D eigenvalue weighted by Crippen LogP contribution is -2.47. The van der Waals surface area contributed by atoms with Gasteiger partial charge in [0.15, 0.2) is 0 Å². The Morgan fingerprint density at radius 1 is 1.12 bits per heavy atom. The van der Waals surface area contributed by atoms with Crippen LogP contribution in [0.15, 0.2) is 42.6 Å². The number of carbonyl (C=O) groups is 1. The Hall–Kier alpha value is -3.76. The number of benzene rings is 1. The third kappa shape index (κ3) is 4.92. The van der Waals surface area contributed by atoms with E-state index in [-0.39, 0.29) is 11.5 Å². The first-order valence-electron chi connectivity index (χ1n) is 11.4. The maximum Gasteiger partial charge on any atom is 0.256 e. The van der Waals surface area contributed by atoms with Crippen LogP contribution in [0.25, 0.3) is 11.1 Å². The minimum absolute atomic E-state index is 0.0919. The van der Waals surface area contributed by atoms with E-state index in [1.54, 1.807) is 29.3 Å². The third-order valence-corrected chi connectivity index (χ3v) is 6.09. The second kappa shape index (κ2) is 10.0. The van der Waals surface area contributed by atoms with Gasteiger partial charge in [0.2, 0.25) is 0 Å². The molecule has 7 heteroatoms. The van der Waals surface area contributed by atoms with E-state index in [4.69, 9.17) is 5.73 Å². The van der Waals surface area contributed by atoms with E-state index >= 15 is 4.39 Å². The number of amides is 1. The zero-order valence-corrected chi connectivity index (χ0v) is 19.7. The number of nitrogens with two attached hydrogens (primary N) is 1. The first-order chi connectivity index (χ1) is 16.4. The van der Waals surface area contributed by atoms with Crippen LogP contribution in [-0.2, 0) is 6.42 Å². The Morgan fingerprint density at radius 2 is 1.88 bits per heavy atom. The molecular weight excluding hydrogens is 429 g/mol. The SMILES string of the molecule is CCc1nccc(-c2ccc(C(=O)N3CCN(C)CC3)c(F)c2)c1C#Cc1ccc(N)nc1C. The van der Waals surface area contributed by atoms with Crippen LogP contribution < -0.4 is 5.73 Å². The maximum atomic E-state index is 15.1. The Morgan fingerprint density at radius 3 is 2.56 bits per heavy atom. The van der Waals surface area contributed by atoms with Crippen LogP contribution in [0.1, 0.15) is 39.8 Å². The lowest BCUT2D eigenvalue weighted by atomic mass is 9.96. The van der Waals surface area contributed by atoms with Crippen LogP contribution in [-0.4, -0.2) is 58.9 Å². The summed E-state index contributed by atoms with van der Waals surface area (Å²) in [5.41, 5.74) is 10.3. The highest BCUT2D eigenvalue weighted by atomic mass is 19.1. The molecule has 1 aliphatic heterocycles. The second-order valence-corrected chi connectivity index (χ2v) is 8.44. The van der Waals surface area contributed by atoms with Crippen molar-refractivity contribution in [1.29, 1.82) is 0 Å². The molecule has 0 aliphatic carbocycles. The van der Waals surface area contributed by atoms with Crippen molar-refractivity contribution >= 4 is 11.7 Å². The van der Waals surface area contributed by atoms with E-state index in [0.29, 0.717) is 30.9 Å². The van der Waals surface area contributed by atoms with Gasteiger partial charge < -0.3 is 15.5 Å². The van der Waals surface area contributed by atoms with Crippen LogP contribution >= 0.6 is 0 Å². The van der Waals surface area contributed by atoms with E-state index in [9.17, 15) is 4.79 Å². The monoisotopic (exact) mass is 457 g/mol. The van der Waals surface area contributed by atoms with E-state index in [1.165, 1.54) is 6.07 Å². The van der Waals surface area contributed by atoms with Gasteiger partial charge >= 0.3 is 0 Å². The predicted molar refractivity (Wildman–Crippen MR) is 132 cm³/mol. The summed E-state index contributed by atoms with van der Waals surface area (Å²) >= 11 is 0. The van der Waals surface area contributed by atoms with Gasteiger partial charge in [0, 0.05) is 43.5 Å². The minimum atomic E-state index is -0.534. The van der Waals surface area contributed by atoms with Gasteiger partial charge in [0.05, 0.1) is 22.5 Å². The van der Waals surface area contributed by atoms with Gasteiger partial charge in [0.1, 0.15) is 11.6 Å². The van der Waals surface area contributed by atoms with Crippen molar-refractivity contribution in [1.82, 2.24) is 19.8 Å². The fourth-order valence-corrected chi connectivity index (χ4v) is 4.03. The van der Waals surface area contributed by atoms with Gasteiger partial charge in [-0.25, -0.2) is 9.37 Å². The van der Waals surface area contributed by atoms with Crippen molar-refractivity contribution in [2.45, 2.75) is 20.3 Å². The van der Waals surface area contributed by atoms with E-state index in [2.05, 4.69) is 26.7 Å². The third-order valence-electron chi connectivity index (χ3n) is 6.09. The highest BCUT2D eigenvalue weighted by molar-refractivity contribution is 5.95. The Kier molecular flexibility index (Phi) is 6.90. The average Bonchev–Trinajstić information content (AvgIpc) is 2.83. The summed E-state index contributed by atoms with van der Waals surface area (Å²) in [6, 6.07) is 10.1. The number of hydrogen-bond donors (Lipinski definition) is 1. The summed E-state index contributed by atoms with van der Waals surface area (Å²) in [5, 5.41) is 0. The van der Waals surface area contributed by atoms with Gasteiger partial charge in [-0.1, -0.05) is 24.8 Å². The number of rotatable bonds is 3. The Balaban J connectivity index is 1.69. The normalized spacial score (nSPS) is 13.9. The molecule has 174 valence electrons. The van der Waals surface area contributed by atoms with Crippen molar-refractivity contribution in [3.05, 3.63) is 76.5 Å². The molecule has 0 bridgehead atoms.